The summed E-state index contributed by atoms with van der Waals surface area (Å²) in [5.41, 5.74) is 2.39. The number of amides is 1. The summed E-state index contributed by atoms with van der Waals surface area (Å²) in [5.74, 6) is -0.895. The zero-order chi connectivity index (χ0) is 19.7. The molecule has 1 atom stereocenters. The van der Waals surface area contributed by atoms with Gasteiger partial charge in [-0.1, -0.05) is 29.8 Å². The number of oxazole rings is 1. The number of hydrogen-bond donors (Lipinski definition) is 1. The summed E-state index contributed by atoms with van der Waals surface area (Å²) in [4.78, 5) is 27.3. The summed E-state index contributed by atoms with van der Waals surface area (Å²) in [6.45, 7) is 4.25. The van der Waals surface area contributed by atoms with Crippen LogP contribution in [-0.4, -0.2) is 36.8 Å². The minimum atomic E-state index is -0.757. The van der Waals surface area contributed by atoms with Crippen molar-refractivity contribution in [2.45, 2.75) is 13.0 Å². The van der Waals surface area contributed by atoms with Gasteiger partial charge in [-0.2, -0.15) is 0 Å². The molecule has 2 heterocycles. The quantitative estimate of drug-likeness (QED) is 0.726. The van der Waals surface area contributed by atoms with Crippen LogP contribution in [0.15, 0.2) is 51.7 Å². The third kappa shape index (κ3) is 3.39. The molecular weight excluding hydrogens is 382 g/mol. The number of anilines is 2. The maximum absolute atomic E-state index is 13.0. The highest BCUT2D eigenvalue weighted by molar-refractivity contribution is 6.34. The Bertz CT molecular complexity index is 1070. The van der Waals surface area contributed by atoms with Crippen molar-refractivity contribution in [3.63, 3.8) is 0 Å². The average Bonchev–Trinajstić information content (AvgIpc) is 3.04. The van der Waals surface area contributed by atoms with Gasteiger partial charge in [-0.3, -0.25) is 9.36 Å². The predicted octanol–water partition coefficient (Wildman–Crippen LogP) is 3.28. The minimum absolute atomic E-state index is 0.328. The SMILES string of the molecule is CC(C(=O)Nc1cccc(Cl)c1N1CCOCC1)n1c(=O)oc2ccccc21. The van der Waals surface area contributed by atoms with Crippen molar-refractivity contribution in [3.8, 4) is 0 Å². The van der Waals surface area contributed by atoms with Gasteiger partial charge in [0.15, 0.2) is 5.58 Å². The molecule has 0 radical (unpaired) electrons. The number of rotatable bonds is 4. The average molecular weight is 402 g/mol. The number of morpholine rings is 1. The molecular formula is C20H20ClN3O4. The highest BCUT2D eigenvalue weighted by Gasteiger charge is 2.24. The molecule has 8 heteroatoms. The van der Waals surface area contributed by atoms with Gasteiger partial charge < -0.3 is 19.4 Å². The second-order valence-electron chi connectivity index (χ2n) is 6.61. The Kier molecular flexibility index (Phi) is 5.11. The number of hydrogen-bond acceptors (Lipinski definition) is 5. The maximum atomic E-state index is 13.0. The Morgan fingerprint density at radius 2 is 1.89 bits per heavy atom. The van der Waals surface area contributed by atoms with Crippen LogP contribution in [0.4, 0.5) is 11.4 Å². The second-order valence-corrected chi connectivity index (χ2v) is 7.01. The molecule has 1 aliphatic heterocycles. The molecule has 0 saturated carbocycles. The van der Waals surface area contributed by atoms with Crippen LogP contribution in [0.5, 0.6) is 0 Å². The van der Waals surface area contributed by atoms with E-state index >= 15 is 0 Å². The lowest BCUT2D eigenvalue weighted by Crippen LogP contribution is -2.37. The van der Waals surface area contributed by atoms with Crippen molar-refractivity contribution < 1.29 is 13.9 Å². The molecule has 146 valence electrons. The Labute approximate surface area is 166 Å². The summed E-state index contributed by atoms with van der Waals surface area (Å²) in [6, 6.07) is 11.6. The minimum Gasteiger partial charge on any atom is -0.408 e. The van der Waals surface area contributed by atoms with E-state index in [4.69, 9.17) is 20.8 Å². The number of fused-ring (bicyclic) bond motifs is 1. The number of ether oxygens (including phenoxy) is 1. The zero-order valence-electron chi connectivity index (χ0n) is 15.4. The van der Waals surface area contributed by atoms with Crippen LogP contribution in [0, 0.1) is 0 Å². The van der Waals surface area contributed by atoms with Gasteiger partial charge in [0, 0.05) is 13.1 Å². The van der Waals surface area contributed by atoms with E-state index in [2.05, 4.69) is 10.2 Å². The molecule has 1 N–H and O–H groups in total. The number of para-hydroxylation sites is 3. The molecule has 0 bridgehead atoms. The van der Waals surface area contributed by atoms with Crippen LogP contribution in [0.1, 0.15) is 13.0 Å². The van der Waals surface area contributed by atoms with Crippen LogP contribution >= 0.6 is 11.6 Å². The fourth-order valence-electron chi connectivity index (χ4n) is 3.43. The lowest BCUT2D eigenvalue weighted by molar-refractivity contribution is -0.118. The first kappa shape index (κ1) is 18.6. The first-order valence-electron chi connectivity index (χ1n) is 9.08. The summed E-state index contributed by atoms with van der Waals surface area (Å²) >= 11 is 6.42. The molecule has 2 aromatic carbocycles. The number of nitrogens with one attached hydrogen (secondary N) is 1. The van der Waals surface area contributed by atoms with E-state index in [0.29, 0.717) is 48.1 Å². The molecule has 0 aliphatic carbocycles. The first-order valence-corrected chi connectivity index (χ1v) is 9.46. The van der Waals surface area contributed by atoms with Gasteiger partial charge in [-0.15, -0.1) is 0 Å². The van der Waals surface area contributed by atoms with Gasteiger partial charge in [0.1, 0.15) is 6.04 Å². The second kappa shape index (κ2) is 7.69. The van der Waals surface area contributed by atoms with Gasteiger partial charge in [0.25, 0.3) is 0 Å². The summed E-state index contributed by atoms with van der Waals surface area (Å²) in [7, 11) is 0. The third-order valence-corrected chi connectivity index (χ3v) is 5.16. The highest BCUT2D eigenvalue weighted by Crippen LogP contribution is 2.35. The summed E-state index contributed by atoms with van der Waals surface area (Å²) in [5, 5.41) is 3.48. The number of aromatic nitrogens is 1. The van der Waals surface area contributed by atoms with Crippen LogP contribution in [0.3, 0.4) is 0 Å². The molecule has 4 rings (SSSR count). The summed E-state index contributed by atoms with van der Waals surface area (Å²) < 4.78 is 12.0. The fraction of sp³-hybridized carbons (Fsp3) is 0.300. The van der Waals surface area contributed by atoms with E-state index in [0.717, 1.165) is 5.69 Å². The van der Waals surface area contributed by atoms with Crippen molar-refractivity contribution >= 4 is 40.0 Å². The zero-order valence-corrected chi connectivity index (χ0v) is 16.1. The molecule has 3 aromatic rings. The molecule has 28 heavy (non-hydrogen) atoms. The maximum Gasteiger partial charge on any atom is 0.420 e. The molecule has 1 aromatic heterocycles. The van der Waals surface area contributed by atoms with Crippen molar-refractivity contribution in [2.24, 2.45) is 0 Å². The Morgan fingerprint density at radius 3 is 2.68 bits per heavy atom. The van der Waals surface area contributed by atoms with Crippen molar-refractivity contribution in [1.29, 1.82) is 0 Å². The normalized spacial score (nSPS) is 15.6. The third-order valence-electron chi connectivity index (χ3n) is 4.86. The number of halogens is 1. The van der Waals surface area contributed by atoms with Gasteiger partial charge in [0.2, 0.25) is 5.91 Å². The monoisotopic (exact) mass is 401 g/mol. The van der Waals surface area contributed by atoms with Gasteiger partial charge in [-0.05, 0) is 31.2 Å². The predicted molar refractivity (Wildman–Crippen MR) is 108 cm³/mol. The van der Waals surface area contributed by atoms with E-state index in [9.17, 15) is 9.59 Å². The largest absolute Gasteiger partial charge is 0.420 e. The van der Waals surface area contributed by atoms with Crippen LogP contribution in [0.2, 0.25) is 5.02 Å². The molecule has 1 amide bonds. The standard InChI is InChI=1S/C20H20ClN3O4/c1-13(24-16-7-2-3-8-17(16)28-20(24)26)19(25)22-15-6-4-5-14(21)18(15)23-9-11-27-12-10-23/h2-8,13H,9-12H2,1H3,(H,22,25). The smallest absolute Gasteiger partial charge is 0.408 e. The molecule has 1 unspecified atom stereocenters. The Balaban J connectivity index is 1.64. The molecule has 0 spiro atoms. The van der Waals surface area contributed by atoms with Crippen LogP contribution in [0.25, 0.3) is 11.1 Å². The lowest BCUT2D eigenvalue weighted by Gasteiger charge is -2.31. The number of nitrogens with zero attached hydrogens (tertiary/aromatic N) is 2. The molecule has 1 aliphatic rings. The number of carbonyl (C=O) groups is 1. The molecule has 1 saturated heterocycles. The van der Waals surface area contributed by atoms with Crippen LogP contribution < -0.4 is 16.0 Å². The van der Waals surface area contributed by atoms with Crippen LogP contribution in [-0.2, 0) is 9.53 Å². The van der Waals surface area contributed by atoms with Gasteiger partial charge in [-0.25, -0.2) is 4.79 Å². The number of carbonyl (C=O) groups excluding carboxylic acids is 1. The van der Waals surface area contributed by atoms with E-state index in [1.807, 2.05) is 0 Å². The highest BCUT2D eigenvalue weighted by atomic mass is 35.5. The summed E-state index contributed by atoms with van der Waals surface area (Å²) in [6.07, 6.45) is 0. The molecule has 7 nitrogen and oxygen atoms in total. The van der Waals surface area contributed by atoms with E-state index in [1.54, 1.807) is 49.4 Å². The van der Waals surface area contributed by atoms with E-state index < -0.39 is 11.8 Å². The Hall–Kier alpha value is -2.77. The van der Waals surface area contributed by atoms with Gasteiger partial charge >= 0.3 is 5.76 Å². The van der Waals surface area contributed by atoms with E-state index in [-0.39, 0.29) is 5.91 Å². The van der Waals surface area contributed by atoms with Gasteiger partial charge in [0.05, 0.1) is 35.1 Å². The van der Waals surface area contributed by atoms with Crippen molar-refractivity contribution in [3.05, 3.63) is 58.0 Å². The topological polar surface area (TPSA) is 76.7 Å². The first-order chi connectivity index (χ1) is 13.6. The molecule has 1 fully saturated rings. The Morgan fingerprint density at radius 1 is 1.14 bits per heavy atom. The van der Waals surface area contributed by atoms with Crippen molar-refractivity contribution in [1.82, 2.24) is 4.57 Å². The van der Waals surface area contributed by atoms with Crippen molar-refractivity contribution in [2.75, 3.05) is 36.5 Å². The van der Waals surface area contributed by atoms with E-state index in [1.165, 1.54) is 4.57 Å². The lowest BCUT2D eigenvalue weighted by atomic mass is 10.2. The number of benzene rings is 2. The fourth-order valence-corrected chi connectivity index (χ4v) is 3.72.